The van der Waals surface area contributed by atoms with Crippen LogP contribution in [0.25, 0.3) is 11.4 Å². The lowest BCUT2D eigenvalue weighted by atomic mass is 10.1. The van der Waals surface area contributed by atoms with E-state index < -0.39 is 6.43 Å². The second-order valence-corrected chi connectivity index (χ2v) is 4.73. The van der Waals surface area contributed by atoms with Crippen LogP contribution in [0.4, 0.5) is 14.6 Å². The molecule has 0 atom stereocenters. The molecule has 0 aliphatic carbocycles. The molecule has 0 saturated heterocycles. The van der Waals surface area contributed by atoms with Crippen LogP contribution in [0.15, 0.2) is 30.3 Å². The largest absolute Gasteiger partial charge is 0.308 e. The molecule has 0 saturated carbocycles. The molecule has 0 bridgehead atoms. The number of hydrazine groups is 1. The third-order valence-electron chi connectivity index (χ3n) is 2.88. The van der Waals surface area contributed by atoms with Crippen LogP contribution in [0.2, 0.25) is 0 Å². The Morgan fingerprint density at radius 3 is 2.50 bits per heavy atom. The molecule has 2 aromatic rings. The van der Waals surface area contributed by atoms with Gasteiger partial charge in [0.05, 0.1) is 0 Å². The fourth-order valence-electron chi connectivity index (χ4n) is 1.78. The average molecular weight is 278 g/mol. The highest BCUT2D eigenvalue weighted by Gasteiger charge is 2.12. The molecule has 2 rings (SSSR count). The minimum atomic E-state index is -2.52. The quantitative estimate of drug-likeness (QED) is 0.663. The molecule has 0 unspecified atom stereocenters. The minimum absolute atomic E-state index is 0.0525. The topological polar surface area (TPSA) is 63.8 Å². The summed E-state index contributed by atoms with van der Waals surface area (Å²) in [5, 5.41) is 0. The Balaban J connectivity index is 2.51. The molecule has 1 aromatic carbocycles. The third kappa shape index (κ3) is 3.08. The van der Waals surface area contributed by atoms with Crippen LogP contribution in [0.5, 0.6) is 0 Å². The Kier molecular flexibility index (Phi) is 4.24. The van der Waals surface area contributed by atoms with Gasteiger partial charge >= 0.3 is 0 Å². The number of nitrogens with one attached hydrogen (secondary N) is 1. The van der Waals surface area contributed by atoms with Crippen LogP contribution < -0.4 is 11.3 Å². The molecule has 6 heteroatoms. The zero-order valence-electron chi connectivity index (χ0n) is 11.3. The smallest absolute Gasteiger partial charge is 0.263 e. The van der Waals surface area contributed by atoms with E-state index in [1.165, 1.54) is 12.1 Å². The van der Waals surface area contributed by atoms with Crippen molar-refractivity contribution in [3.05, 3.63) is 41.6 Å². The van der Waals surface area contributed by atoms with E-state index in [0.717, 1.165) is 5.69 Å². The van der Waals surface area contributed by atoms with Gasteiger partial charge in [-0.2, -0.15) is 0 Å². The van der Waals surface area contributed by atoms with E-state index >= 15 is 0 Å². The van der Waals surface area contributed by atoms with Crippen LogP contribution in [-0.2, 0) is 0 Å². The monoisotopic (exact) mass is 278 g/mol. The number of benzene rings is 1. The maximum absolute atomic E-state index is 12.7. The Hall–Kier alpha value is -2.08. The van der Waals surface area contributed by atoms with Gasteiger partial charge in [0.25, 0.3) is 6.43 Å². The number of nitrogens with zero attached hydrogens (tertiary/aromatic N) is 2. The molecule has 0 radical (unpaired) electrons. The maximum atomic E-state index is 12.7. The zero-order valence-corrected chi connectivity index (χ0v) is 11.3. The molecular formula is C14H16F2N4. The van der Waals surface area contributed by atoms with E-state index in [-0.39, 0.29) is 11.5 Å². The summed E-state index contributed by atoms with van der Waals surface area (Å²) < 4.78 is 25.5. The van der Waals surface area contributed by atoms with Crippen LogP contribution in [0.3, 0.4) is 0 Å². The van der Waals surface area contributed by atoms with Gasteiger partial charge in [-0.3, -0.25) is 0 Å². The van der Waals surface area contributed by atoms with E-state index in [4.69, 9.17) is 5.84 Å². The summed E-state index contributed by atoms with van der Waals surface area (Å²) in [7, 11) is 0. The van der Waals surface area contributed by atoms with Crippen molar-refractivity contribution in [3.63, 3.8) is 0 Å². The van der Waals surface area contributed by atoms with Gasteiger partial charge < -0.3 is 5.43 Å². The number of alkyl halides is 2. The number of anilines is 1. The molecule has 0 spiro atoms. The lowest BCUT2D eigenvalue weighted by molar-refractivity contribution is 0.151. The molecule has 20 heavy (non-hydrogen) atoms. The summed E-state index contributed by atoms with van der Waals surface area (Å²) in [4.78, 5) is 8.61. The van der Waals surface area contributed by atoms with Crippen molar-refractivity contribution in [2.45, 2.75) is 26.2 Å². The van der Waals surface area contributed by atoms with Crippen LogP contribution >= 0.6 is 0 Å². The van der Waals surface area contributed by atoms with Crippen molar-refractivity contribution in [1.29, 1.82) is 0 Å². The molecule has 106 valence electrons. The third-order valence-corrected chi connectivity index (χ3v) is 2.88. The molecule has 0 aliphatic rings. The highest BCUT2D eigenvalue weighted by atomic mass is 19.3. The normalized spacial score (nSPS) is 11.2. The highest BCUT2D eigenvalue weighted by molar-refractivity contribution is 5.58. The molecule has 4 nitrogen and oxygen atoms in total. The SMILES string of the molecule is CC(C)c1cc(NN)nc(-c2cccc(C(F)F)c2)n1. The van der Waals surface area contributed by atoms with Crippen LogP contribution in [-0.4, -0.2) is 9.97 Å². The highest BCUT2D eigenvalue weighted by Crippen LogP contribution is 2.25. The van der Waals surface area contributed by atoms with Crippen LogP contribution in [0, 0.1) is 0 Å². The van der Waals surface area contributed by atoms with E-state index in [1.54, 1.807) is 18.2 Å². The fourth-order valence-corrected chi connectivity index (χ4v) is 1.78. The Morgan fingerprint density at radius 1 is 1.15 bits per heavy atom. The standard InChI is InChI=1S/C14H16F2N4/c1-8(2)11-7-12(20-17)19-14(18-11)10-5-3-4-9(6-10)13(15)16/h3-8,13H,17H2,1-2H3,(H,18,19,20). The van der Waals surface area contributed by atoms with Gasteiger partial charge in [0.15, 0.2) is 5.82 Å². The number of aromatic nitrogens is 2. The Bertz CT molecular complexity index is 599. The minimum Gasteiger partial charge on any atom is -0.308 e. The number of nitrogens with two attached hydrogens (primary N) is 1. The van der Waals surface area contributed by atoms with Crippen molar-refractivity contribution in [2.24, 2.45) is 5.84 Å². The molecule has 0 aliphatic heterocycles. The maximum Gasteiger partial charge on any atom is 0.263 e. The predicted octanol–water partition coefficient (Wildman–Crippen LogP) is 3.49. The van der Waals surface area contributed by atoms with Crippen molar-refractivity contribution in [1.82, 2.24) is 9.97 Å². The van der Waals surface area contributed by atoms with Crippen molar-refractivity contribution >= 4 is 5.82 Å². The van der Waals surface area contributed by atoms with Gasteiger partial charge in [-0.25, -0.2) is 24.6 Å². The molecule has 0 amide bonds. The van der Waals surface area contributed by atoms with E-state index in [0.29, 0.717) is 17.2 Å². The number of nitrogen functional groups attached to an aromatic ring is 1. The number of halogens is 2. The Labute approximate surface area is 116 Å². The second kappa shape index (κ2) is 5.92. The zero-order chi connectivity index (χ0) is 14.7. The first-order valence-corrected chi connectivity index (χ1v) is 6.25. The van der Waals surface area contributed by atoms with E-state index in [1.807, 2.05) is 13.8 Å². The molecule has 1 heterocycles. The molecule has 0 fully saturated rings. The lowest BCUT2D eigenvalue weighted by Gasteiger charge is -2.10. The first-order chi connectivity index (χ1) is 9.51. The van der Waals surface area contributed by atoms with Gasteiger partial charge in [-0.1, -0.05) is 32.0 Å². The van der Waals surface area contributed by atoms with Crippen LogP contribution in [0.1, 0.15) is 37.4 Å². The number of hydrogen-bond acceptors (Lipinski definition) is 4. The fraction of sp³-hybridized carbons (Fsp3) is 0.286. The van der Waals surface area contributed by atoms with Gasteiger partial charge in [0, 0.05) is 22.9 Å². The first kappa shape index (κ1) is 14.3. The van der Waals surface area contributed by atoms with Gasteiger partial charge in [0.1, 0.15) is 5.82 Å². The lowest BCUT2D eigenvalue weighted by Crippen LogP contribution is -2.11. The van der Waals surface area contributed by atoms with Crippen molar-refractivity contribution in [3.8, 4) is 11.4 Å². The number of hydrogen-bond donors (Lipinski definition) is 2. The summed E-state index contributed by atoms with van der Waals surface area (Å²) in [6.45, 7) is 3.98. The second-order valence-electron chi connectivity index (χ2n) is 4.73. The number of rotatable bonds is 4. The van der Waals surface area contributed by atoms with Crippen molar-refractivity contribution in [2.75, 3.05) is 5.43 Å². The molecule has 1 aromatic heterocycles. The van der Waals surface area contributed by atoms with Gasteiger partial charge in [-0.05, 0) is 12.0 Å². The first-order valence-electron chi connectivity index (χ1n) is 6.25. The average Bonchev–Trinajstić information content (AvgIpc) is 2.46. The Morgan fingerprint density at radius 2 is 1.90 bits per heavy atom. The van der Waals surface area contributed by atoms with Gasteiger partial charge in [-0.15, -0.1) is 0 Å². The summed E-state index contributed by atoms with van der Waals surface area (Å²) in [6.07, 6.45) is -2.52. The summed E-state index contributed by atoms with van der Waals surface area (Å²) in [5.41, 5.74) is 3.76. The summed E-state index contributed by atoms with van der Waals surface area (Å²) >= 11 is 0. The summed E-state index contributed by atoms with van der Waals surface area (Å²) in [5.74, 6) is 6.41. The molecule has 3 N–H and O–H groups in total. The van der Waals surface area contributed by atoms with Gasteiger partial charge in [0.2, 0.25) is 0 Å². The van der Waals surface area contributed by atoms with E-state index in [2.05, 4.69) is 15.4 Å². The predicted molar refractivity (Wildman–Crippen MR) is 74.3 cm³/mol. The van der Waals surface area contributed by atoms with E-state index in [9.17, 15) is 8.78 Å². The van der Waals surface area contributed by atoms with Crippen molar-refractivity contribution < 1.29 is 8.78 Å². The summed E-state index contributed by atoms with van der Waals surface area (Å²) in [6, 6.07) is 7.78. The molecular weight excluding hydrogens is 262 g/mol.